The molecule has 0 saturated carbocycles. The van der Waals surface area contributed by atoms with Crippen molar-refractivity contribution in [2.75, 3.05) is 6.54 Å². The fourth-order valence-corrected chi connectivity index (χ4v) is 2.79. The molecule has 0 bridgehead atoms. The first-order valence-corrected chi connectivity index (χ1v) is 6.27. The van der Waals surface area contributed by atoms with Gasteiger partial charge in [-0.25, -0.2) is 0 Å². The number of hydrogen-bond donors (Lipinski definition) is 5. The first-order valence-electron chi connectivity index (χ1n) is 3.08. The number of aliphatic hydroxyl groups is 1. The summed E-state index contributed by atoms with van der Waals surface area (Å²) >= 11 is 0. The molecule has 14 heavy (non-hydrogen) atoms. The van der Waals surface area contributed by atoms with Crippen LogP contribution in [0, 0.1) is 0 Å². The van der Waals surface area contributed by atoms with Gasteiger partial charge < -0.3 is 35.0 Å². The molecule has 0 aliphatic heterocycles. The van der Waals surface area contributed by atoms with E-state index in [0.29, 0.717) is 0 Å². The van der Waals surface area contributed by atoms with Crippen LogP contribution in [0.15, 0.2) is 0 Å². The summed E-state index contributed by atoms with van der Waals surface area (Å²) in [5.74, 6) is 0. The van der Waals surface area contributed by atoms with Crippen molar-refractivity contribution in [3.8, 4) is 0 Å². The predicted molar refractivity (Wildman–Crippen MR) is 40.5 cm³/mol. The molecule has 0 aromatic carbocycles. The standard InChI is InChI=1S/C3H11NO7P2.Na/c4-2-1-3(5,12(6,7)8)13(9,10)11;/h5H,1-2,4H2,(H2,6,7,8)(H2,9,10,11);/q;+1/p-1. The van der Waals surface area contributed by atoms with Crippen LogP contribution in [0.2, 0.25) is 0 Å². The Bertz CT molecular complexity index is 248. The molecule has 0 radical (unpaired) electrons. The maximum atomic E-state index is 10.5. The molecule has 0 heterocycles. The molecule has 0 fully saturated rings. The SMILES string of the molecule is NCCC(O)(P(=O)([O-])O)P(=O)(O)O.[Na+]. The summed E-state index contributed by atoms with van der Waals surface area (Å²) in [6, 6.07) is 0. The Morgan fingerprint density at radius 1 is 1.29 bits per heavy atom. The summed E-state index contributed by atoms with van der Waals surface area (Å²) in [6.45, 7) is -0.492. The Morgan fingerprint density at radius 3 is 1.71 bits per heavy atom. The van der Waals surface area contributed by atoms with Crippen LogP contribution in [0.4, 0.5) is 0 Å². The van der Waals surface area contributed by atoms with Crippen molar-refractivity contribution in [2.45, 2.75) is 11.5 Å². The summed E-state index contributed by atoms with van der Waals surface area (Å²) in [7, 11) is -10.9. The molecule has 0 aromatic heterocycles. The Balaban J connectivity index is 0. The van der Waals surface area contributed by atoms with E-state index in [2.05, 4.69) is 0 Å². The molecule has 0 aliphatic carbocycles. The van der Waals surface area contributed by atoms with Crippen molar-refractivity contribution in [3.63, 3.8) is 0 Å². The van der Waals surface area contributed by atoms with Crippen LogP contribution in [0.3, 0.4) is 0 Å². The minimum atomic E-state index is -5.56. The summed E-state index contributed by atoms with van der Waals surface area (Å²) in [4.78, 5) is 35.8. The van der Waals surface area contributed by atoms with E-state index in [1.165, 1.54) is 0 Å². The zero-order chi connectivity index (χ0) is 10.9. The topological polar surface area (TPSA) is 164 Å². The van der Waals surface area contributed by atoms with Crippen LogP contribution < -0.4 is 40.2 Å². The fraction of sp³-hybridized carbons (Fsp3) is 1.00. The summed E-state index contributed by atoms with van der Waals surface area (Å²) in [5, 5.41) is 5.54. The Kier molecular flexibility index (Phi) is 6.94. The van der Waals surface area contributed by atoms with Crippen molar-refractivity contribution < 1.29 is 63.4 Å². The van der Waals surface area contributed by atoms with Gasteiger partial charge in [-0.1, -0.05) is 0 Å². The van der Waals surface area contributed by atoms with E-state index in [1.807, 2.05) is 0 Å². The smallest absolute Gasteiger partial charge is 0.776 e. The monoisotopic (exact) mass is 257 g/mol. The van der Waals surface area contributed by atoms with Crippen molar-refractivity contribution >= 4 is 15.2 Å². The quantitative estimate of drug-likeness (QED) is 0.246. The van der Waals surface area contributed by atoms with Crippen molar-refractivity contribution in [1.82, 2.24) is 0 Å². The molecule has 0 rings (SSSR count). The predicted octanol–water partition coefficient (Wildman–Crippen LogP) is -5.29. The third kappa shape index (κ3) is 3.66. The number of rotatable bonds is 4. The number of hydrogen-bond acceptors (Lipinski definition) is 5. The molecule has 0 aromatic rings. The summed E-state index contributed by atoms with van der Waals surface area (Å²) < 4.78 is 21.0. The van der Waals surface area contributed by atoms with E-state index >= 15 is 0 Å². The largest absolute Gasteiger partial charge is 1.00 e. The molecule has 8 nitrogen and oxygen atoms in total. The first kappa shape index (κ1) is 17.6. The molecular weight excluding hydrogens is 247 g/mol. The Hall–Kier alpha value is 1.22. The van der Waals surface area contributed by atoms with Gasteiger partial charge in [-0.3, -0.25) is 4.57 Å². The van der Waals surface area contributed by atoms with E-state index < -0.39 is 33.2 Å². The maximum absolute atomic E-state index is 10.5. The average Bonchev–Trinajstić information content (AvgIpc) is 1.82. The van der Waals surface area contributed by atoms with Crippen molar-refractivity contribution in [1.29, 1.82) is 0 Å². The third-order valence-electron chi connectivity index (χ3n) is 1.40. The van der Waals surface area contributed by atoms with Gasteiger partial charge in [0.25, 0.3) is 0 Å². The van der Waals surface area contributed by atoms with Crippen molar-refractivity contribution in [2.24, 2.45) is 5.73 Å². The maximum Gasteiger partial charge on any atom is 1.00 e. The van der Waals surface area contributed by atoms with Gasteiger partial charge in [0, 0.05) is 6.42 Å². The third-order valence-corrected chi connectivity index (χ3v) is 5.22. The van der Waals surface area contributed by atoms with Gasteiger partial charge in [-0.15, -0.1) is 0 Å². The van der Waals surface area contributed by atoms with Crippen LogP contribution in [0.25, 0.3) is 0 Å². The van der Waals surface area contributed by atoms with Gasteiger partial charge in [0.05, 0.1) is 0 Å². The van der Waals surface area contributed by atoms with E-state index in [-0.39, 0.29) is 29.6 Å². The average molecular weight is 257 g/mol. The molecule has 0 saturated heterocycles. The van der Waals surface area contributed by atoms with Gasteiger partial charge in [0.15, 0.2) is 7.60 Å². The van der Waals surface area contributed by atoms with Gasteiger partial charge >= 0.3 is 37.2 Å². The summed E-state index contributed by atoms with van der Waals surface area (Å²) in [5.41, 5.74) is 4.83. The second kappa shape index (κ2) is 5.52. The van der Waals surface area contributed by atoms with Crippen LogP contribution in [0.5, 0.6) is 0 Å². The van der Waals surface area contributed by atoms with Gasteiger partial charge in [-0.2, -0.15) is 0 Å². The van der Waals surface area contributed by atoms with E-state index in [4.69, 9.17) is 25.5 Å². The molecule has 11 heteroatoms. The molecule has 0 spiro atoms. The zero-order valence-electron chi connectivity index (χ0n) is 7.40. The Labute approximate surface area is 102 Å². The molecule has 80 valence electrons. The minimum Gasteiger partial charge on any atom is -0.776 e. The van der Waals surface area contributed by atoms with Gasteiger partial charge in [-0.05, 0) is 6.54 Å². The van der Waals surface area contributed by atoms with Crippen LogP contribution >= 0.6 is 15.2 Å². The molecule has 2 atom stereocenters. The first-order chi connectivity index (χ1) is 5.56. The molecular formula is C3H10NNaO7P2. The zero-order valence-corrected chi connectivity index (χ0v) is 11.2. The van der Waals surface area contributed by atoms with Crippen LogP contribution in [-0.4, -0.2) is 31.4 Å². The molecule has 6 N–H and O–H groups in total. The number of nitrogens with two attached hydrogens (primary N) is 1. The van der Waals surface area contributed by atoms with Crippen molar-refractivity contribution in [3.05, 3.63) is 0 Å². The summed E-state index contributed by atoms with van der Waals surface area (Å²) in [6.07, 6.45) is -0.936. The molecule has 0 amide bonds. The van der Waals surface area contributed by atoms with E-state index in [0.717, 1.165) is 0 Å². The van der Waals surface area contributed by atoms with Gasteiger partial charge in [0.1, 0.15) is 0 Å². The van der Waals surface area contributed by atoms with Crippen LogP contribution in [-0.2, 0) is 9.13 Å². The van der Waals surface area contributed by atoms with E-state index in [9.17, 15) is 14.0 Å². The molecule has 0 aliphatic rings. The fourth-order valence-electron chi connectivity index (χ4n) is 0.645. The van der Waals surface area contributed by atoms with E-state index in [1.54, 1.807) is 0 Å². The molecule has 2 unspecified atom stereocenters. The second-order valence-corrected chi connectivity index (χ2v) is 6.34. The van der Waals surface area contributed by atoms with Gasteiger partial charge in [0.2, 0.25) is 5.08 Å². The van der Waals surface area contributed by atoms with Crippen LogP contribution in [0.1, 0.15) is 6.42 Å². The normalized spacial score (nSPS) is 20.4. The minimum absolute atomic E-state index is 0. The Morgan fingerprint density at radius 2 is 1.64 bits per heavy atom. The second-order valence-electron chi connectivity index (χ2n) is 2.38.